The van der Waals surface area contributed by atoms with Crippen molar-refractivity contribution in [3.63, 3.8) is 0 Å². The van der Waals surface area contributed by atoms with Gasteiger partial charge in [-0.05, 0) is 15.9 Å². The van der Waals surface area contributed by atoms with Crippen LogP contribution in [0.2, 0.25) is 0 Å². The van der Waals surface area contributed by atoms with Crippen LogP contribution in [0.25, 0.3) is 0 Å². The summed E-state index contributed by atoms with van der Waals surface area (Å²) in [5.41, 5.74) is -0.807. The van der Waals surface area contributed by atoms with Crippen LogP contribution in [0.5, 0.6) is 5.75 Å². The van der Waals surface area contributed by atoms with Crippen molar-refractivity contribution in [1.29, 1.82) is 0 Å². The zero-order valence-corrected chi connectivity index (χ0v) is 7.16. The van der Waals surface area contributed by atoms with E-state index in [2.05, 4.69) is 20.3 Å². The summed E-state index contributed by atoms with van der Waals surface area (Å²) in [6.07, 6.45) is 0.677. The van der Waals surface area contributed by atoms with Gasteiger partial charge in [-0.3, -0.25) is 4.79 Å². The minimum Gasteiger partial charge on any atom is -0.502 e. The molecular weight excluding hydrogens is 232 g/mol. The molecule has 0 atom stereocenters. The second-order valence-electron chi connectivity index (χ2n) is 1.90. The molecule has 0 aliphatic carbocycles. The first-order valence-electron chi connectivity index (χ1n) is 2.77. The molecule has 2 N–H and O–H groups in total. The molecule has 0 aliphatic heterocycles. The van der Waals surface area contributed by atoms with Gasteiger partial charge < -0.3 is 14.6 Å². The van der Waals surface area contributed by atoms with E-state index in [1.54, 1.807) is 0 Å². The van der Waals surface area contributed by atoms with E-state index in [1.165, 1.54) is 0 Å². The van der Waals surface area contributed by atoms with Gasteiger partial charge in [0.2, 0.25) is 16.9 Å². The van der Waals surface area contributed by atoms with E-state index in [0.717, 1.165) is 0 Å². The van der Waals surface area contributed by atoms with Crippen molar-refractivity contribution in [1.82, 2.24) is 0 Å². The van der Waals surface area contributed by atoms with Crippen LogP contribution < -0.4 is 5.43 Å². The van der Waals surface area contributed by atoms with Crippen LogP contribution in [0.15, 0.2) is 19.9 Å². The summed E-state index contributed by atoms with van der Waals surface area (Å²) in [5.74, 6) is -2.54. The molecule has 1 heterocycles. The van der Waals surface area contributed by atoms with Crippen molar-refractivity contribution in [3.8, 4) is 5.75 Å². The first-order valence-corrected chi connectivity index (χ1v) is 3.57. The van der Waals surface area contributed by atoms with Gasteiger partial charge in [0.25, 0.3) is 0 Å². The number of aromatic hydroxyl groups is 1. The lowest BCUT2D eigenvalue weighted by molar-refractivity contribution is 0.0657. The smallest absolute Gasteiger partial charge is 0.373 e. The highest BCUT2D eigenvalue weighted by Gasteiger charge is 2.16. The van der Waals surface area contributed by atoms with Crippen LogP contribution in [0.3, 0.4) is 0 Å². The zero-order valence-electron chi connectivity index (χ0n) is 5.57. The highest BCUT2D eigenvalue weighted by molar-refractivity contribution is 9.10. The molecule has 1 aromatic heterocycles. The molecular formula is C6H3BrO5. The zero-order chi connectivity index (χ0) is 9.30. The van der Waals surface area contributed by atoms with Crippen molar-refractivity contribution in [2.75, 3.05) is 0 Å². The van der Waals surface area contributed by atoms with Crippen LogP contribution in [0.4, 0.5) is 0 Å². The van der Waals surface area contributed by atoms with Crippen molar-refractivity contribution in [2.45, 2.75) is 0 Å². The number of carboxylic acid groups (broad SMARTS) is 1. The van der Waals surface area contributed by atoms with Gasteiger partial charge in [0.1, 0.15) is 10.7 Å². The van der Waals surface area contributed by atoms with Crippen molar-refractivity contribution in [3.05, 3.63) is 26.7 Å². The topological polar surface area (TPSA) is 87.7 Å². The lowest BCUT2D eigenvalue weighted by atomic mass is 10.4. The minimum atomic E-state index is -1.38. The first-order chi connectivity index (χ1) is 5.54. The quantitative estimate of drug-likeness (QED) is 0.751. The van der Waals surface area contributed by atoms with Gasteiger partial charge in [-0.15, -0.1) is 0 Å². The van der Waals surface area contributed by atoms with Crippen LogP contribution in [-0.4, -0.2) is 16.2 Å². The van der Waals surface area contributed by atoms with Crippen LogP contribution in [0, 0.1) is 0 Å². The number of rotatable bonds is 1. The molecule has 0 bridgehead atoms. The van der Waals surface area contributed by atoms with E-state index in [1.807, 2.05) is 0 Å². The second-order valence-corrected chi connectivity index (χ2v) is 2.69. The Bertz CT molecular complexity index is 380. The van der Waals surface area contributed by atoms with E-state index in [4.69, 9.17) is 10.2 Å². The van der Waals surface area contributed by atoms with Gasteiger partial charge in [-0.2, -0.15) is 0 Å². The fourth-order valence-electron chi connectivity index (χ4n) is 0.580. The van der Waals surface area contributed by atoms with E-state index in [0.29, 0.717) is 6.26 Å². The van der Waals surface area contributed by atoms with Crippen molar-refractivity contribution < 1.29 is 19.4 Å². The maximum absolute atomic E-state index is 10.9. The van der Waals surface area contributed by atoms with Crippen LogP contribution >= 0.6 is 15.9 Å². The Kier molecular flexibility index (Phi) is 2.18. The third kappa shape index (κ3) is 1.33. The maximum Gasteiger partial charge on any atom is 0.373 e. The van der Waals surface area contributed by atoms with Crippen LogP contribution in [-0.2, 0) is 0 Å². The molecule has 1 aromatic rings. The number of halogens is 1. The van der Waals surface area contributed by atoms with E-state index >= 15 is 0 Å². The Morgan fingerprint density at radius 2 is 2.17 bits per heavy atom. The predicted molar refractivity (Wildman–Crippen MR) is 41.3 cm³/mol. The predicted octanol–water partition coefficient (Wildman–Crippen LogP) is 0.806. The lowest BCUT2D eigenvalue weighted by Gasteiger charge is -1.96. The molecule has 0 saturated heterocycles. The van der Waals surface area contributed by atoms with Gasteiger partial charge >= 0.3 is 5.97 Å². The van der Waals surface area contributed by atoms with Gasteiger partial charge in [0, 0.05) is 0 Å². The molecule has 12 heavy (non-hydrogen) atoms. The Morgan fingerprint density at radius 1 is 1.58 bits per heavy atom. The summed E-state index contributed by atoms with van der Waals surface area (Å²) in [6, 6.07) is 0. The van der Waals surface area contributed by atoms with E-state index in [9.17, 15) is 9.59 Å². The number of carboxylic acids is 1. The van der Waals surface area contributed by atoms with E-state index in [-0.39, 0.29) is 4.47 Å². The van der Waals surface area contributed by atoms with Gasteiger partial charge in [0.05, 0.1) is 0 Å². The average Bonchev–Trinajstić information content (AvgIpc) is 2.00. The van der Waals surface area contributed by atoms with E-state index < -0.39 is 22.9 Å². The largest absolute Gasteiger partial charge is 0.502 e. The number of carbonyl (C=O) groups is 1. The van der Waals surface area contributed by atoms with Crippen molar-refractivity contribution in [2.24, 2.45) is 0 Å². The third-order valence-electron chi connectivity index (χ3n) is 1.11. The highest BCUT2D eigenvalue weighted by Crippen LogP contribution is 2.15. The summed E-state index contributed by atoms with van der Waals surface area (Å²) in [4.78, 5) is 21.2. The summed E-state index contributed by atoms with van der Waals surface area (Å²) >= 11 is 2.68. The fraction of sp³-hybridized carbons (Fsp3) is 0. The molecule has 0 amide bonds. The number of hydrogen-bond donors (Lipinski definition) is 2. The summed E-state index contributed by atoms with van der Waals surface area (Å²) in [7, 11) is 0. The highest BCUT2D eigenvalue weighted by atomic mass is 79.9. The molecule has 64 valence electrons. The van der Waals surface area contributed by atoms with Crippen LogP contribution in [0.1, 0.15) is 10.6 Å². The average molecular weight is 235 g/mol. The normalized spacial score (nSPS) is 9.75. The summed E-state index contributed by atoms with van der Waals surface area (Å²) in [5, 5.41) is 17.2. The molecule has 0 aromatic carbocycles. The SMILES string of the molecule is O=C(O)c1occ(O)c(=O)c1Br. The molecule has 0 saturated carbocycles. The Labute approximate surface area is 74.4 Å². The molecule has 0 fully saturated rings. The Balaban J connectivity index is 3.47. The molecule has 5 nitrogen and oxygen atoms in total. The van der Waals surface area contributed by atoms with Crippen molar-refractivity contribution >= 4 is 21.9 Å². The molecule has 0 radical (unpaired) electrons. The minimum absolute atomic E-state index is 0.296. The van der Waals surface area contributed by atoms with Gasteiger partial charge in [-0.25, -0.2) is 4.79 Å². The molecule has 0 aliphatic rings. The lowest BCUT2D eigenvalue weighted by Crippen LogP contribution is -2.08. The fourth-order valence-corrected chi connectivity index (χ4v) is 1.05. The number of aromatic carboxylic acids is 1. The first kappa shape index (κ1) is 8.79. The third-order valence-corrected chi connectivity index (χ3v) is 1.83. The maximum atomic E-state index is 10.9. The molecule has 6 heteroatoms. The molecule has 0 spiro atoms. The number of hydrogen-bond acceptors (Lipinski definition) is 4. The second kappa shape index (κ2) is 2.98. The Hall–Kier alpha value is -1.30. The summed E-state index contributed by atoms with van der Waals surface area (Å²) < 4.78 is 4.14. The van der Waals surface area contributed by atoms with Gasteiger partial charge in [-0.1, -0.05) is 0 Å². The summed E-state index contributed by atoms with van der Waals surface area (Å²) in [6.45, 7) is 0. The monoisotopic (exact) mass is 234 g/mol. The van der Waals surface area contributed by atoms with Gasteiger partial charge in [0.15, 0.2) is 0 Å². The molecule has 0 unspecified atom stereocenters. The standard InChI is InChI=1S/C6H3BrO5/c7-3-4(9)2(8)1-12-5(3)6(10)11/h1,8H,(H,10,11). The molecule has 1 rings (SSSR count). The Morgan fingerprint density at radius 3 is 2.67 bits per heavy atom.